The zero-order valence-electron chi connectivity index (χ0n) is 12.3. The molecule has 1 atom stereocenters. The van der Waals surface area contributed by atoms with E-state index in [2.05, 4.69) is 10.4 Å². The van der Waals surface area contributed by atoms with Crippen LogP contribution in [-0.4, -0.2) is 16.3 Å². The van der Waals surface area contributed by atoms with Crippen molar-refractivity contribution in [3.05, 3.63) is 41.3 Å². The first-order valence-electron chi connectivity index (χ1n) is 6.72. The largest absolute Gasteiger partial charge is 0.439 e. The van der Waals surface area contributed by atoms with Crippen molar-refractivity contribution in [2.75, 3.05) is 6.54 Å². The van der Waals surface area contributed by atoms with Crippen molar-refractivity contribution in [1.29, 1.82) is 0 Å². The smallest absolute Gasteiger partial charge is 0.217 e. The summed E-state index contributed by atoms with van der Waals surface area (Å²) < 4.78 is 21.0. The molecule has 2 aromatic rings. The first kappa shape index (κ1) is 14.5. The maximum atomic E-state index is 13.5. The number of nitrogens with one attached hydrogen (secondary N) is 1. The van der Waals surface area contributed by atoms with Crippen LogP contribution in [0.2, 0.25) is 0 Å². The number of hydrogen-bond donors (Lipinski definition) is 1. The molecule has 5 heteroatoms. The van der Waals surface area contributed by atoms with Crippen LogP contribution in [0, 0.1) is 12.7 Å². The quantitative estimate of drug-likeness (QED) is 0.911. The molecule has 1 heterocycles. The average molecular weight is 277 g/mol. The molecule has 1 aromatic carbocycles. The van der Waals surface area contributed by atoms with Gasteiger partial charge in [-0.2, -0.15) is 5.10 Å². The van der Waals surface area contributed by atoms with E-state index >= 15 is 0 Å². The molecule has 0 spiro atoms. The molecule has 0 fully saturated rings. The van der Waals surface area contributed by atoms with Gasteiger partial charge in [0.2, 0.25) is 5.88 Å². The van der Waals surface area contributed by atoms with Crippen LogP contribution in [0.5, 0.6) is 11.6 Å². The summed E-state index contributed by atoms with van der Waals surface area (Å²) in [4.78, 5) is 0. The van der Waals surface area contributed by atoms with Crippen molar-refractivity contribution < 1.29 is 9.13 Å². The van der Waals surface area contributed by atoms with Crippen LogP contribution in [0.15, 0.2) is 24.3 Å². The van der Waals surface area contributed by atoms with E-state index in [-0.39, 0.29) is 11.9 Å². The Bertz CT molecular complexity index is 595. The van der Waals surface area contributed by atoms with Gasteiger partial charge in [-0.1, -0.05) is 6.92 Å². The maximum Gasteiger partial charge on any atom is 0.217 e. The molecule has 20 heavy (non-hydrogen) atoms. The van der Waals surface area contributed by atoms with Crippen molar-refractivity contribution in [2.24, 2.45) is 7.05 Å². The van der Waals surface area contributed by atoms with Crippen LogP contribution in [0.3, 0.4) is 0 Å². The van der Waals surface area contributed by atoms with E-state index < -0.39 is 0 Å². The highest BCUT2D eigenvalue weighted by molar-refractivity contribution is 5.39. The van der Waals surface area contributed by atoms with Crippen LogP contribution < -0.4 is 10.1 Å². The van der Waals surface area contributed by atoms with E-state index in [4.69, 9.17) is 4.74 Å². The Hall–Kier alpha value is -1.88. The molecule has 108 valence electrons. The zero-order chi connectivity index (χ0) is 14.7. The van der Waals surface area contributed by atoms with Crippen molar-refractivity contribution in [1.82, 2.24) is 15.1 Å². The molecule has 0 saturated heterocycles. The van der Waals surface area contributed by atoms with Gasteiger partial charge < -0.3 is 10.1 Å². The summed E-state index contributed by atoms with van der Waals surface area (Å²) in [6.45, 7) is 6.71. The number of hydrogen-bond acceptors (Lipinski definition) is 3. The molecule has 4 nitrogen and oxygen atoms in total. The molecule has 1 unspecified atom stereocenters. The van der Waals surface area contributed by atoms with Crippen LogP contribution in [0.1, 0.15) is 31.1 Å². The minimum absolute atomic E-state index is 0.0139. The lowest BCUT2D eigenvalue weighted by atomic mass is 10.1. The number of rotatable bonds is 5. The number of benzene rings is 1. The molecule has 1 aromatic heterocycles. The summed E-state index contributed by atoms with van der Waals surface area (Å²) in [5, 5.41) is 7.50. The van der Waals surface area contributed by atoms with Crippen LogP contribution >= 0.6 is 0 Å². The highest BCUT2D eigenvalue weighted by Gasteiger charge is 2.14. The summed E-state index contributed by atoms with van der Waals surface area (Å²) in [5.41, 5.74) is 1.68. The molecule has 0 radical (unpaired) electrons. The molecule has 0 aliphatic carbocycles. The van der Waals surface area contributed by atoms with Crippen LogP contribution in [-0.2, 0) is 7.05 Å². The van der Waals surface area contributed by atoms with E-state index in [0.29, 0.717) is 11.6 Å². The summed E-state index contributed by atoms with van der Waals surface area (Å²) >= 11 is 0. The van der Waals surface area contributed by atoms with Crippen molar-refractivity contribution in [2.45, 2.75) is 26.8 Å². The fourth-order valence-electron chi connectivity index (χ4n) is 2.16. The third-order valence-corrected chi connectivity index (χ3v) is 3.12. The predicted octanol–water partition coefficient (Wildman–Crippen LogP) is 3.33. The van der Waals surface area contributed by atoms with Gasteiger partial charge >= 0.3 is 0 Å². The number of halogens is 1. The Labute approximate surface area is 118 Å². The molecule has 0 saturated carbocycles. The third-order valence-electron chi connectivity index (χ3n) is 3.12. The predicted molar refractivity (Wildman–Crippen MR) is 76.5 cm³/mol. The maximum absolute atomic E-state index is 13.5. The lowest BCUT2D eigenvalue weighted by molar-refractivity contribution is 0.417. The molecular formula is C15H20FN3O. The van der Waals surface area contributed by atoms with E-state index in [1.807, 2.05) is 33.9 Å². The van der Waals surface area contributed by atoms with Gasteiger partial charge in [-0.15, -0.1) is 0 Å². The fourth-order valence-corrected chi connectivity index (χ4v) is 2.16. The monoisotopic (exact) mass is 277 g/mol. The van der Waals surface area contributed by atoms with Gasteiger partial charge in [0.1, 0.15) is 11.6 Å². The Balaban J connectivity index is 2.33. The molecular weight excluding hydrogens is 257 g/mol. The normalized spacial score (nSPS) is 12.4. The van der Waals surface area contributed by atoms with E-state index in [1.165, 1.54) is 12.1 Å². The summed E-state index contributed by atoms with van der Waals surface area (Å²) in [6, 6.07) is 6.43. The van der Waals surface area contributed by atoms with Gasteiger partial charge in [-0.3, -0.25) is 0 Å². The Morgan fingerprint density at radius 3 is 2.75 bits per heavy atom. The summed E-state index contributed by atoms with van der Waals surface area (Å²) in [5.74, 6) is 1.01. The topological polar surface area (TPSA) is 39.1 Å². The lowest BCUT2D eigenvalue weighted by Crippen LogP contribution is -2.18. The zero-order valence-corrected chi connectivity index (χ0v) is 12.3. The fraction of sp³-hybridized carbons (Fsp3) is 0.400. The number of aromatic nitrogens is 2. The van der Waals surface area contributed by atoms with Crippen molar-refractivity contribution in [3.8, 4) is 11.6 Å². The average Bonchev–Trinajstić information content (AvgIpc) is 2.70. The van der Waals surface area contributed by atoms with Crippen molar-refractivity contribution in [3.63, 3.8) is 0 Å². The Morgan fingerprint density at radius 1 is 1.40 bits per heavy atom. The molecule has 0 aliphatic rings. The van der Waals surface area contributed by atoms with Crippen molar-refractivity contribution >= 4 is 0 Å². The minimum Gasteiger partial charge on any atom is -0.439 e. The van der Waals surface area contributed by atoms with E-state index in [9.17, 15) is 4.39 Å². The van der Waals surface area contributed by atoms with E-state index in [1.54, 1.807) is 10.7 Å². The first-order valence-corrected chi connectivity index (χ1v) is 6.72. The lowest BCUT2D eigenvalue weighted by Gasteiger charge is -2.17. The molecule has 2 rings (SSSR count). The standard InChI is InChI=1S/C15H20FN3O/c1-5-17-11(3)13-9-12(16)6-7-14(13)20-15-8-10(2)18-19(15)4/h6-9,11,17H,5H2,1-4H3. The van der Waals surface area contributed by atoms with Gasteiger partial charge in [0.15, 0.2) is 0 Å². The van der Waals surface area contributed by atoms with Gasteiger partial charge in [-0.25, -0.2) is 9.07 Å². The number of aryl methyl sites for hydroxylation is 2. The minimum atomic E-state index is -0.265. The summed E-state index contributed by atoms with van der Waals surface area (Å²) in [7, 11) is 1.82. The second-order valence-corrected chi connectivity index (χ2v) is 4.81. The van der Waals surface area contributed by atoms with Gasteiger partial charge in [0.05, 0.1) is 5.69 Å². The van der Waals surface area contributed by atoms with Gasteiger partial charge in [-0.05, 0) is 38.6 Å². The van der Waals surface area contributed by atoms with Gasteiger partial charge in [0.25, 0.3) is 0 Å². The molecule has 1 N–H and O–H groups in total. The molecule has 0 aliphatic heterocycles. The second kappa shape index (κ2) is 6.05. The second-order valence-electron chi connectivity index (χ2n) is 4.81. The third kappa shape index (κ3) is 3.17. The molecule has 0 bridgehead atoms. The summed E-state index contributed by atoms with van der Waals surface area (Å²) in [6.07, 6.45) is 0. The number of ether oxygens (including phenoxy) is 1. The highest BCUT2D eigenvalue weighted by atomic mass is 19.1. The van der Waals surface area contributed by atoms with Crippen LogP contribution in [0.25, 0.3) is 0 Å². The number of nitrogens with zero attached hydrogens (tertiary/aromatic N) is 2. The molecule has 0 amide bonds. The highest BCUT2D eigenvalue weighted by Crippen LogP contribution is 2.30. The Morgan fingerprint density at radius 2 is 2.15 bits per heavy atom. The van der Waals surface area contributed by atoms with Crippen LogP contribution in [0.4, 0.5) is 4.39 Å². The first-order chi connectivity index (χ1) is 9.51. The van der Waals surface area contributed by atoms with Gasteiger partial charge in [0, 0.05) is 24.7 Å². The van der Waals surface area contributed by atoms with E-state index in [0.717, 1.165) is 17.8 Å². The Kier molecular flexibility index (Phi) is 4.39. The SMILES string of the molecule is CCNC(C)c1cc(F)ccc1Oc1cc(C)nn1C.